The quantitative estimate of drug-likeness (QED) is 0.430. The first-order valence-electron chi connectivity index (χ1n) is 11.5. The molecule has 178 valence electrons. The summed E-state index contributed by atoms with van der Waals surface area (Å²) in [7, 11) is 1.99. The van der Waals surface area contributed by atoms with Gasteiger partial charge in [0.15, 0.2) is 12.6 Å². The van der Waals surface area contributed by atoms with Gasteiger partial charge in [-0.2, -0.15) is 0 Å². The zero-order chi connectivity index (χ0) is 24.0. The summed E-state index contributed by atoms with van der Waals surface area (Å²) in [4.78, 5) is 26.1. The maximum absolute atomic E-state index is 13.4. The maximum atomic E-state index is 13.4. The summed E-state index contributed by atoms with van der Waals surface area (Å²) in [5.74, 6) is -0.853. The number of nitrogens with one attached hydrogen (secondary N) is 2. The highest BCUT2D eigenvalue weighted by Gasteiger charge is 2.44. The van der Waals surface area contributed by atoms with Gasteiger partial charge in [-0.25, -0.2) is 15.3 Å². The number of likely N-dealkylation sites (tertiary alicyclic amines) is 1. The molecule has 34 heavy (non-hydrogen) atoms. The number of aliphatic hydroxyl groups is 1. The van der Waals surface area contributed by atoms with Crippen molar-refractivity contribution in [1.82, 2.24) is 16.0 Å². The molecule has 0 aliphatic carbocycles. The van der Waals surface area contributed by atoms with Gasteiger partial charge in [0.2, 0.25) is 5.60 Å². The average molecular weight is 464 g/mol. The van der Waals surface area contributed by atoms with Gasteiger partial charge in [0, 0.05) is 18.8 Å². The number of hydrogen-bond donors (Lipinski definition) is 3. The summed E-state index contributed by atoms with van der Waals surface area (Å²) in [5, 5.41) is 13.1. The van der Waals surface area contributed by atoms with E-state index in [0.717, 1.165) is 13.0 Å². The van der Waals surface area contributed by atoms with Gasteiger partial charge in [-0.3, -0.25) is 10.2 Å². The molecular formula is C26H31N4O4+. The molecule has 2 aliphatic heterocycles. The first-order valence-corrected chi connectivity index (χ1v) is 11.5. The van der Waals surface area contributed by atoms with Crippen molar-refractivity contribution < 1.29 is 23.9 Å². The van der Waals surface area contributed by atoms with Gasteiger partial charge in [-0.05, 0) is 29.7 Å². The molecule has 2 aliphatic rings. The maximum Gasteiger partial charge on any atom is 0.348 e. The molecule has 1 saturated heterocycles. The summed E-state index contributed by atoms with van der Waals surface area (Å²) >= 11 is 0. The van der Waals surface area contributed by atoms with E-state index < -0.39 is 17.7 Å². The normalized spacial score (nSPS) is 22.1. The van der Waals surface area contributed by atoms with Gasteiger partial charge in [-0.1, -0.05) is 60.7 Å². The molecule has 0 bridgehead atoms. The number of ether oxygens (including phenoxy) is 1. The van der Waals surface area contributed by atoms with Crippen molar-refractivity contribution in [1.29, 1.82) is 0 Å². The van der Waals surface area contributed by atoms with Gasteiger partial charge in [0.1, 0.15) is 6.54 Å². The predicted octanol–water partition coefficient (Wildman–Crippen LogP) is 1.95. The van der Waals surface area contributed by atoms with E-state index in [2.05, 4.69) is 10.9 Å². The van der Waals surface area contributed by atoms with Crippen molar-refractivity contribution in [3.8, 4) is 0 Å². The number of allylic oxidation sites excluding steroid dienone is 2. The van der Waals surface area contributed by atoms with Crippen LogP contribution >= 0.6 is 0 Å². The summed E-state index contributed by atoms with van der Waals surface area (Å²) in [5.41, 5.74) is 4.70. The van der Waals surface area contributed by atoms with Crippen LogP contribution in [0.1, 0.15) is 24.0 Å². The van der Waals surface area contributed by atoms with E-state index in [-0.39, 0.29) is 12.5 Å². The third kappa shape index (κ3) is 5.30. The lowest BCUT2D eigenvalue weighted by molar-refractivity contribution is -0.909. The molecule has 3 N–H and O–H groups in total. The van der Waals surface area contributed by atoms with E-state index in [4.69, 9.17) is 4.74 Å². The molecule has 0 aromatic heterocycles. The number of rotatable bonds is 7. The van der Waals surface area contributed by atoms with Gasteiger partial charge in [0.05, 0.1) is 13.6 Å². The number of likely N-dealkylation sites (N-methyl/N-ethyl adjacent to an activating group) is 1. The van der Waals surface area contributed by atoms with Gasteiger partial charge in [-0.15, -0.1) is 0 Å². The topological polar surface area (TPSA) is 90.9 Å². The molecule has 0 spiro atoms. The Bertz CT molecular complexity index is 1020. The van der Waals surface area contributed by atoms with E-state index in [1.807, 2.05) is 31.3 Å². The Labute approximate surface area is 199 Å². The minimum atomic E-state index is -1.92. The monoisotopic (exact) mass is 463 g/mol. The lowest BCUT2D eigenvalue weighted by Crippen LogP contribution is -2.59. The van der Waals surface area contributed by atoms with E-state index >= 15 is 0 Å². The van der Waals surface area contributed by atoms with Crippen LogP contribution in [0.4, 0.5) is 0 Å². The number of esters is 1. The Kier molecular flexibility index (Phi) is 7.00. The Morgan fingerprint density at radius 2 is 1.76 bits per heavy atom. The van der Waals surface area contributed by atoms with E-state index in [9.17, 15) is 14.7 Å². The standard InChI is InChI=1S/C26H30N4O4/c1-30(20-24(31)28-29-17-9-8-16-27-29)18-10-15-23(19-30)34-25(32)26(33,21-11-4-2-5-12-21)22-13-6-3-7-14-22/h2-9,11-14,16-17,23,27,33H,10,15,18-20H2,1H3/p+1/t23?,30-/m1/s1. The fourth-order valence-electron chi connectivity index (χ4n) is 4.56. The summed E-state index contributed by atoms with van der Waals surface area (Å²) in [6, 6.07) is 17.7. The van der Waals surface area contributed by atoms with Crippen molar-refractivity contribution in [2.45, 2.75) is 24.5 Å². The molecule has 1 amide bonds. The van der Waals surface area contributed by atoms with Crippen LogP contribution in [0, 0.1) is 0 Å². The smallest absolute Gasteiger partial charge is 0.348 e. The second-order valence-corrected chi connectivity index (χ2v) is 9.03. The number of hydrogen-bond acceptors (Lipinski definition) is 6. The number of piperidine rings is 1. The van der Waals surface area contributed by atoms with Crippen molar-refractivity contribution in [3.05, 3.63) is 96.3 Å². The zero-order valence-corrected chi connectivity index (χ0v) is 19.3. The van der Waals surface area contributed by atoms with Crippen molar-refractivity contribution >= 4 is 11.9 Å². The van der Waals surface area contributed by atoms with Crippen LogP contribution in [-0.2, 0) is 19.9 Å². The highest BCUT2D eigenvalue weighted by Crippen LogP contribution is 2.32. The molecule has 2 atom stereocenters. The largest absolute Gasteiger partial charge is 0.454 e. The van der Waals surface area contributed by atoms with E-state index in [0.29, 0.717) is 28.6 Å². The summed E-state index contributed by atoms with van der Waals surface area (Å²) in [6.07, 6.45) is 8.15. The fraction of sp³-hybridized carbons (Fsp3) is 0.308. The highest BCUT2D eigenvalue weighted by molar-refractivity contribution is 5.85. The third-order valence-electron chi connectivity index (χ3n) is 6.25. The number of quaternary nitrogens is 1. The van der Waals surface area contributed by atoms with Crippen molar-refractivity contribution in [2.75, 3.05) is 26.7 Å². The molecule has 0 radical (unpaired) electrons. The number of carbonyl (C=O) groups is 2. The fourth-order valence-corrected chi connectivity index (χ4v) is 4.56. The lowest BCUT2D eigenvalue weighted by atomic mass is 9.86. The van der Waals surface area contributed by atoms with Crippen molar-refractivity contribution in [2.24, 2.45) is 0 Å². The number of nitrogens with zero attached hydrogens (tertiary/aromatic N) is 2. The first-order chi connectivity index (χ1) is 16.4. The molecule has 8 heteroatoms. The van der Waals surface area contributed by atoms with Crippen molar-refractivity contribution in [3.63, 3.8) is 0 Å². The molecular weight excluding hydrogens is 432 g/mol. The van der Waals surface area contributed by atoms with Crippen LogP contribution < -0.4 is 10.9 Å². The number of benzene rings is 2. The van der Waals surface area contributed by atoms with Crippen LogP contribution in [0.5, 0.6) is 0 Å². The van der Waals surface area contributed by atoms with Crippen LogP contribution in [0.15, 0.2) is 85.2 Å². The molecule has 2 heterocycles. The van der Waals surface area contributed by atoms with E-state index in [1.165, 1.54) is 5.12 Å². The minimum absolute atomic E-state index is 0.146. The summed E-state index contributed by atoms with van der Waals surface area (Å²) in [6.45, 7) is 1.53. The number of carbonyl (C=O) groups excluding carboxylic acids is 2. The predicted molar refractivity (Wildman–Crippen MR) is 127 cm³/mol. The molecule has 2 aromatic rings. The second kappa shape index (κ2) is 10.1. The lowest BCUT2D eigenvalue weighted by Gasteiger charge is -2.41. The Balaban J connectivity index is 1.45. The average Bonchev–Trinajstić information content (AvgIpc) is 2.85. The number of amides is 1. The number of hydrazine groups is 2. The van der Waals surface area contributed by atoms with Gasteiger partial charge < -0.3 is 14.3 Å². The van der Waals surface area contributed by atoms with Crippen LogP contribution in [0.2, 0.25) is 0 Å². The Hall–Kier alpha value is -3.62. The third-order valence-corrected chi connectivity index (χ3v) is 6.25. The Morgan fingerprint density at radius 3 is 2.35 bits per heavy atom. The molecule has 4 rings (SSSR count). The summed E-state index contributed by atoms with van der Waals surface area (Å²) < 4.78 is 6.35. The molecule has 2 aromatic carbocycles. The van der Waals surface area contributed by atoms with Crippen LogP contribution in [-0.4, -0.2) is 59.4 Å². The SMILES string of the molecule is C[N@@+]1(CC(=O)NN2C=CC=CN2)CCCC(OC(=O)C(O)(c2ccccc2)c2ccccc2)C1. The highest BCUT2D eigenvalue weighted by atomic mass is 16.6. The van der Waals surface area contributed by atoms with Gasteiger partial charge in [0.25, 0.3) is 5.91 Å². The molecule has 0 saturated carbocycles. The molecule has 8 nitrogen and oxygen atoms in total. The minimum Gasteiger partial charge on any atom is -0.454 e. The van der Waals surface area contributed by atoms with E-state index in [1.54, 1.807) is 60.9 Å². The van der Waals surface area contributed by atoms with Crippen LogP contribution in [0.25, 0.3) is 0 Å². The van der Waals surface area contributed by atoms with Gasteiger partial charge >= 0.3 is 5.97 Å². The molecule has 1 unspecified atom stereocenters. The Morgan fingerprint density at radius 1 is 1.12 bits per heavy atom. The second-order valence-electron chi connectivity index (χ2n) is 9.03. The van der Waals surface area contributed by atoms with Crippen LogP contribution in [0.3, 0.4) is 0 Å². The first kappa shape index (κ1) is 23.5. The molecule has 1 fully saturated rings. The zero-order valence-electron chi connectivity index (χ0n) is 19.3.